The molecule has 4 rings (SSSR count). The number of rotatable bonds is 3. The van der Waals surface area contributed by atoms with Crippen molar-refractivity contribution in [3.05, 3.63) is 83.9 Å². The summed E-state index contributed by atoms with van der Waals surface area (Å²) in [6, 6.07) is 26.3. The largest absolute Gasteiger partial charge is 0.284 e. The molecule has 2 heteroatoms. The Balaban J connectivity index is 1.97. The lowest BCUT2D eigenvalue weighted by molar-refractivity contribution is -0.646. The van der Waals surface area contributed by atoms with E-state index >= 15 is 0 Å². The lowest BCUT2D eigenvalue weighted by atomic mass is 9.98. The van der Waals surface area contributed by atoms with Crippen molar-refractivity contribution in [2.45, 2.75) is 13.8 Å². The maximum atomic E-state index is 2.32. The van der Waals surface area contributed by atoms with Crippen molar-refractivity contribution >= 4 is 16.6 Å². The molecular weight excluding hydrogens is 340 g/mol. The van der Waals surface area contributed by atoms with Crippen molar-refractivity contribution in [1.82, 2.24) is 0 Å². The highest BCUT2D eigenvalue weighted by Crippen LogP contribution is 2.31. The molecule has 0 fully saturated rings. The van der Waals surface area contributed by atoms with Gasteiger partial charge in [-0.15, -0.1) is 0 Å². The van der Waals surface area contributed by atoms with Crippen molar-refractivity contribution in [3.63, 3.8) is 0 Å². The molecule has 0 aliphatic heterocycles. The van der Waals surface area contributed by atoms with Crippen molar-refractivity contribution in [2.24, 2.45) is 7.05 Å². The lowest BCUT2D eigenvalue weighted by Gasteiger charge is -2.17. The van der Waals surface area contributed by atoms with Crippen LogP contribution in [0.3, 0.4) is 0 Å². The van der Waals surface area contributed by atoms with Crippen LogP contribution in [0.1, 0.15) is 11.1 Å². The van der Waals surface area contributed by atoms with Crippen LogP contribution in [0.2, 0.25) is 0 Å². The van der Waals surface area contributed by atoms with Gasteiger partial charge in [-0.3, -0.25) is 4.90 Å². The summed E-state index contributed by atoms with van der Waals surface area (Å²) >= 11 is 0. The molecule has 0 unspecified atom stereocenters. The highest BCUT2D eigenvalue weighted by molar-refractivity contribution is 5.94. The summed E-state index contributed by atoms with van der Waals surface area (Å²) in [6.07, 6.45) is 0. The maximum Gasteiger partial charge on any atom is 0.284 e. The fraction of sp³-hybridized carbons (Fsp3) is 0.192. The van der Waals surface area contributed by atoms with E-state index in [1.54, 1.807) is 0 Å². The van der Waals surface area contributed by atoms with Crippen molar-refractivity contribution in [1.29, 1.82) is 0 Å². The van der Waals surface area contributed by atoms with Crippen LogP contribution in [-0.4, -0.2) is 14.1 Å². The van der Waals surface area contributed by atoms with Gasteiger partial charge in [0.2, 0.25) is 0 Å². The summed E-state index contributed by atoms with van der Waals surface area (Å²) in [5.74, 6) is 1.22. The molecule has 1 heterocycles. The quantitative estimate of drug-likeness (QED) is 0.423. The van der Waals surface area contributed by atoms with E-state index in [0.717, 1.165) is 0 Å². The molecule has 28 heavy (non-hydrogen) atoms. The summed E-state index contributed by atoms with van der Waals surface area (Å²) < 4.78 is 2.31. The first kappa shape index (κ1) is 18.2. The molecule has 0 bridgehead atoms. The molecule has 0 N–H and O–H groups in total. The zero-order chi connectivity index (χ0) is 19.8. The SMILES string of the molecule is Cc1cc2cc(-c3cccc(-c4ccccc4)c3)[n+](C)c(N(C)C)c2cc1C. The van der Waals surface area contributed by atoms with Crippen LogP contribution in [0.4, 0.5) is 5.82 Å². The Hall–Kier alpha value is -3.13. The summed E-state index contributed by atoms with van der Waals surface area (Å²) in [4.78, 5) is 2.21. The van der Waals surface area contributed by atoms with E-state index in [-0.39, 0.29) is 0 Å². The Morgan fingerprint density at radius 3 is 2.04 bits per heavy atom. The molecular formula is C26H27N2+. The maximum absolute atomic E-state index is 2.32. The summed E-state index contributed by atoms with van der Waals surface area (Å²) in [5.41, 5.74) is 7.59. The van der Waals surface area contributed by atoms with Gasteiger partial charge >= 0.3 is 0 Å². The number of hydrogen-bond donors (Lipinski definition) is 0. The number of aryl methyl sites for hydroxylation is 2. The van der Waals surface area contributed by atoms with Crippen molar-refractivity contribution in [2.75, 3.05) is 19.0 Å². The molecule has 0 amide bonds. The molecule has 0 atom stereocenters. The first-order chi connectivity index (χ1) is 13.5. The Morgan fingerprint density at radius 1 is 0.679 bits per heavy atom. The first-order valence-corrected chi connectivity index (χ1v) is 9.73. The number of pyridine rings is 1. The van der Waals surface area contributed by atoms with Gasteiger partial charge in [0, 0.05) is 5.56 Å². The molecule has 0 aliphatic rings. The third-order valence-corrected chi connectivity index (χ3v) is 5.57. The normalized spacial score (nSPS) is 11.0. The number of nitrogens with zero attached hydrogens (tertiary/aromatic N) is 2. The fourth-order valence-electron chi connectivity index (χ4n) is 4.00. The fourth-order valence-corrected chi connectivity index (χ4v) is 4.00. The second-order valence-electron chi connectivity index (χ2n) is 7.78. The molecule has 0 aliphatic carbocycles. The number of aromatic nitrogens is 1. The van der Waals surface area contributed by atoms with Gasteiger partial charge in [0.25, 0.3) is 5.82 Å². The molecule has 0 saturated carbocycles. The average molecular weight is 368 g/mol. The van der Waals surface area contributed by atoms with E-state index in [1.807, 2.05) is 0 Å². The zero-order valence-electron chi connectivity index (χ0n) is 17.3. The molecule has 1 aromatic heterocycles. The predicted octanol–water partition coefficient (Wildman–Crippen LogP) is 5.68. The lowest BCUT2D eigenvalue weighted by Crippen LogP contribution is -2.38. The monoisotopic (exact) mass is 367 g/mol. The smallest absolute Gasteiger partial charge is 0.267 e. The van der Waals surface area contributed by atoms with E-state index in [1.165, 1.54) is 50.1 Å². The van der Waals surface area contributed by atoms with Gasteiger partial charge in [0.05, 0.1) is 26.5 Å². The Labute approximate surface area is 167 Å². The van der Waals surface area contributed by atoms with Crippen LogP contribution in [0.5, 0.6) is 0 Å². The van der Waals surface area contributed by atoms with Gasteiger partial charge in [0.1, 0.15) is 5.69 Å². The Bertz CT molecular complexity index is 1160. The molecule has 2 nitrogen and oxygen atoms in total. The highest BCUT2D eigenvalue weighted by atomic mass is 15.2. The molecule has 0 spiro atoms. The van der Waals surface area contributed by atoms with Crippen LogP contribution in [0.15, 0.2) is 72.8 Å². The summed E-state index contributed by atoms with van der Waals surface area (Å²) in [6.45, 7) is 4.37. The van der Waals surface area contributed by atoms with Gasteiger partial charge in [-0.05, 0) is 59.7 Å². The van der Waals surface area contributed by atoms with Gasteiger partial charge in [-0.2, -0.15) is 0 Å². The minimum Gasteiger partial charge on any atom is -0.267 e. The summed E-state index contributed by atoms with van der Waals surface area (Å²) in [5, 5.41) is 2.57. The number of benzene rings is 3. The third-order valence-electron chi connectivity index (χ3n) is 5.57. The van der Waals surface area contributed by atoms with E-state index in [2.05, 4.69) is 117 Å². The minimum atomic E-state index is 1.22. The third kappa shape index (κ3) is 3.16. The highest BCUT2D eigenvalue weighted by Gasteiger charge is 2.20. The first-order valence-electron chi connectivity index (χ1n) is 9.73. The van der Waals surface area contributed by atoms with Crippen molar-refractivity contribution < 1.29 is 4.57 Å². The van der Waals surface area contributed by atoms with Gasteiger partial charge in [-0.1, -0.05) is 54.6 Å². The Morgan fingerprint density at radius 2 is 1.32 bits per heavy atom. The van der Waals surface area contributed by atoms with E-state index in [0.29, 0.717) is 0 Å². The standard InChI is InChI=1S/C26H27N2/c1-18-14-23-17-25(28(5)26(27(3)4)24(23)15-19(18)2)22-13-9-12-21(16-22)20-10-7-6-8-11-20/h6-17H,1-5H3/q+1. The van der Waals surface area contributed by atoms with Gasteiger partial charge < -0.3 is 0 Å². The predicted molar refractivity (Wildman–Crippen MR) is 120 cm³/mol. The second kappa shape index (κ2) is 7.12. The van der Waals surface area contributed by atoms with Crippen LogP contribution in [0.25, 0.3) is 33.2 Å². The molecule has 3 aromatic carbocycles. The number of hydrogen-bond acceptors (Lipinski definition) is 1. The van der Waals surface area contributed by atoms with Crippen LogP contribution >= 0.6 is 0 Å². The Kier molecular flexibility index (Phi) is 4.64. The van der Waals surface area contributed by atoms with Gasteiger partial charge in [0.15, 0.2) is 0 Å². The zero-order valence-corrected chi connectivity index (χ0v) is 17.3. The summed E-state index contributed by atoms with van der Waals surface area (Å²) in [7, 11) is 6.40. The molecule has 140 valence electrons. The van der Waals surface area contributed by atoms with E-state index in [9.17, 15) is 0 Å². The number of anilines is 1. The van der Waals surface area contributed by atoms with Crippen LogP contribution in [0, 0.1) is 13.8 Å². The van der Waals surface area contributed by atoms with Gasteiger partial charge in [-0.25, -0.2) is 4.57 Å². The second-order valence-corrected chi connectivity index (χ2v) is 7.78. The molecule has 4 aromatic rings. The van der Waals surface area contributed by atoms with Crippen LogP contribution < -0.4 is 9.47 Å². The number of fused-ring (bicyclic) bond motifs is 1. The molecule has 0 saturated heterocycles. The van der Waals surface area contributed by atoms with Crippen LogP contribution in [-0.2, 0) is 7.05 Å². The molecule has 0 radical (unpaired) electrons. The average Bonchev–Trinajstić information content (AvgIpc) is 2.69. The van der Waals surface area contributed by atoms with E-state index < -0.39 is 0 Å². The minimum absolute atomic E-state index is 1.22. The van der Waals surface area contributed by atoms with Crippen molar-refractivity contribution in [3.8, 4) is 22.4 Å². The van der Waals surface area contributed by atoms with E-state index in [4.69, 9.17) is 0 Å². The topological polar surface area (TPSA) is 7.12 Å².